The van der Waals surface area contributed by atoms with Gasteiger partial charge >= 0.3 is 11.9 Å². The molecular weight excluding hydrogens is 316 g/mol. The van der Waals surface area contributed by atoms with Gasteiger partial charge in [0.1, 0.15) is 12.4 Å². The number of nitrogens with zero attached hydrogens (tertiary/aromatic N) is 5. The fraction of sp³-hybridized carbons (Fsp3) is 0.500. The summed E-state index contributed by atoms with van der Waals surface area (Å²) in [6, 6.07) is -1.05. The molecule has 0 saturated carbocycles. The fourth-order valence-electron chi connectivity index (χ4n) is 2.86. The minimum absolute atomic E-state index is 0.0589. The minimum atomic E-state index is -1.10. The van der Waals surface area contributed by atoms with Crippen LogP contribution < -0.4 is 10.6 Å². The lowest BCUT2D eigenvalue weighted by Crippen LogP contribution is -2.37. The number of aliphatic carboxylic acids is 2. The number of anilines is 1. The summed E-state index contributed by atoms with van der Waals surface area (Å²) in [5.41, 5.74) is 6.64. The van der Waals surface area contributed by atoms with Crippen molar-refractivity contribution < 1.29 is 19.8 Å². The van der Waals surface area contributed by atoms with Gasteiger partial charge in [0.15, 0.2) is 17.0 Å². The second-order valence-electron chi connectivity index (χ2n) is 5.81. The molecule has 10 nitrogen and oxygen atoms in total. The van der Waals surface area contributed by atoms with Crippen molar-refractivity contribution in [3.63, 3.8) is 0 Å². The number of aromatic nitrogens is 4. The van der Waals surface area contributed by atoms with Crippen LogP contribution in [-0.2, 0) is 16.1 Å². The van der Waals surface area contributed by atoms with Crippen molar-refractivity contribution >= 4 is 28.9 Å². The third-order valence-electron chi connectivity index (χ3n) is 4.24. The van der Waals surface area contributed by atoms with Gasteiger partial charge in [-0.1, -0.05) is 0 Å². The normalized spacial score (nSPS) is 17.1. The molecule has 0 spiro atoms. The Hall–Kier alpha value is -2.75. The third kappa shape index (κ3) is 3.00. The molecule has 1 atom stereocenters. The molecule has 4 N–H and O–H groups in total. The average Bonchev–Trinajstić information content (AvgIpc) is 2.98. The number of carboxylic acids is 2. The van der Waals surface area contributed by atoms with Crippen LogP contribution in [0.3, 0.4) is 0 Å². The van der Waals surface area contributed by atoms with Crippen LogP contribution in [0.1, 0.15) is 12.8 Å². The first-order valence-electron chi connectivity index (χ1n) is 7.59. The number of carboxylic acid groups (broad SMARTS) is 2. The molecule has 1 aliphatic heterocycles. The van der Waals surface area contributed by atoms with E-state index in [1.807, 2.05) is 4.90 Å². The van der Waals surface area contributed by atoms with Gasteiger partial charge in [0, 0.05) is 13.1 Å². The number of rotatable bonds is 5. The number of carbonyl (C=O) groups is 2. The molecule has 3 rings (SSSR count). The van der Waals surface area contributed by atoms with Gasteiger partial charge in [-0.25, -0.2) is 15.0 Å². The monoisotopic (exact) mass is 334 g/mol. The van der Waals surface area contributed by atoms with Crippen molar-refractivity contribution in [3.8, 4) is 0 Å². The van der Waals surface area contributed by atoms with E-state index in [0.29, 0.717) is 42.9 Å². The van der Waals surface area contributed by atoms with Crippen LogP contribution in [0.4, 0.5) is 5.82 Å². The Balaban J connectivity index is 1.84. The summed E-state index contributed by atoms with van der Waals surface area (Å²) >= 11 is 0. The molecular formula is C14H18N6O4. The number of nitrogens with two attached hydrogens (primary N) is 1. The lowest BCUT2D eigenvalue weighted by atomic mass is 9.97. The number of fused-ring (bicyclic) bond motifs is 1. The summed E-state index contributed by atoms with van der Waals surface area (Å²) in [7, 11) is 0. The van der Waals surface area contributed by atoms with Crippen molar-refractivity contribution in [3.05, 3.63) is 12.7 Å². The molecule has 128 valence electrons. The van der Waals surface area contributed by atoms with E-state index in [1.54, 1.807) is 4.57 Å². The summed E-state index contributed by atoms with van der Waals surface area (Å²) < 4.78 is 1.59. The topological polar surface area (TPSA) is 147 Å². The smallest absolute Gasteiger partial charge is 0.322 e. The Labute approximate surface area is 136 Å². The molecule has 2 aromatic rings. The lowest BCUT2D eigenvalue weighted by Gasteiger charge is -2.30. The second-order valence-corrected chi connectivity index (χ2v) is 5.81. The molecule has 0 aromatic carbocycles. The van der Waals surface area contributed by atoms with Crippen LogP contribution in [0.2, 0.25) is 0 Å². The molecule has 1 fully saturated rings. The van der Waals surface area contributed by atoms with E-state index in [-0.39, 0.29) is 12.5 Å². The Morgan fingerprint density at radius 2 is 1.96 bits per heavy atom. The Bertz CT molecular complexity index is 768. The van der Waals surface area contributed by atoms with Gasteiger partial charge in [-0.05, 0) is 12.8 Å². The largest absolute Gasteiger partial charge is 0.481 e. The minimum Gasteiger partial charge on any atom is -0.481 e. The van der Waals surface area contributed by atoms with Crippen molar-refractivity contribution in [2.75, 3.05) is 18.0 Å². The molecule has 0 radical (unpaired) electrons. The van der Waals surface area contributed by atoms with Gasteiger partial charge in [-0.3, -0.25) is 9.59 Å². The molecule has 24 heavy (non-hydrogen) atoms. The first kappa shape index (κ1) is 16.1. The number of piperidine rings is 1. The molecule has 0 amide bonds. The van der Waals surface area contributed by atoms with Crippen molar-refractivity contribution in [2.45, 2.75) is 25.4 Å². The summed E-state index contributed by atoms with van der Waals surface area (Å²) in [6.07, 6.45) is 3.98. The quantitative estimate of drug-likeness (QED) is 0.660. The predicted octanol–water partition coefficient (Wildman–Crippen LogP) is -0.461. The maximum absolute atomic E-state index is 11.1. The predicted molar refractivity (Wildman–Crippen MR) is 83.5 cm³/mol. The Morgan fingerprint density at radius 3 is 2.58 bits per heavy atom. The van der Waals surface area contributed by atoms with Gasteiger partial charge in [-0.2, -0.15) is 0 Å². The second kappa shape index (κ2) is 6.40. The number of hydrogen-bond acceptors (Lipinski definition) is 7. The maximum atomic E-state index is 11.1. The number of imidazole rings is 1. The highest BCUT2D eigenvalue weighted by Gasteiger charge is 2.27. The van der Waals surface area contributed by atoms with Crippen LogP contribution in [0, 0.1) is 5.92 Å². The summed E-state index contributed by atoms with van der Waals surface area (Å²) in [4.78, 5) is 36.7. The lowest BCUT2D eigenvalue weighted by molar-refractivity contribution is -0.142. The third-order valence-corrected chi connectivity index (χ3v) is 4.24. The average molecular weight is 334 g/mol. The van der Waals surface area contributed by atoms with Gasteiger partial charge in [-0.15, -0.1) is 0 Å². The van der Waals surface area contributed by atoms with E-state index in [1.165, 1.54) is 12.7 Å². The summed E-state index contributed by atoms with van der Waals surface area (Å²) in [5, 5.41) is 18.0. The van der Waals surface area contributed by atoms with Crippen molar-refractivity contribution in [1.82, 2.24) is 19.5 Å². The highest BCUT2D eigenvalue weighted by Crippen LogP contribution is 2.26. The zero-order valence-corrected chi connectivity index (χ0v) is 12.9. The zero-order chi connectivity index (χ0) is 17.3. The van der Waals surface area contributed by atoms with E-state index in [0.717, 1.165) is 0 Å². The van der Waals surface area contributed by atoms with E-state index in [9.17, 15) is 9.59 Å². The molecule has 3 heterocycles. The van der Waals surface area contributed by atoms with Crippen molar-refractivity contribution in [2.24, 2.45) is 11.7 Å². The van der Waals surface area contributed by atoms with E-state index < -0.39 is 18.0 Å². The highest BCUT2D eigenvalue weighted by molar-refractivity contribution is 5.84. The first-order chi connectivity index (χ1) is 11.5. The number of hydrogen-bond donors (Lipinski definition) is 3. The molecule has 1 saturated heterocycles. The van der Waals surface area contributed by atoms with Crippen molar-refractivity contribution in [1.29, 1.82) is 0 Å². The SMILES string of the molecule is N[C@@H](Cn1cnc2c(N3CCC(C(=O)O)CC3)ncnc21)C(=O)O. The molecule has 0 aliphatic carbocycles. The first-order valence-corrected chi connectivity index (χ1v) is 7.59. The zero-order valence-electron chi connectivity index (χ0n) is 12.9. The van der Waals surface area contributed by atoms with Gasteiger partial charge in [0.2, 0.25) is 0 Å². The van der Waals surface area contributed by atoms with Crippen LogP contribution in [0.15, 0.2) is 12.7 Å². The van der Waals surface area contributed by atoms with E-state index >= 15 is 0 Å². The van der Waals surface area contributed by atoms with Gasteiger partial charge < -0.3 is 25.4 Å². The molecule has 0 bridgehead atoms. The summed E-state index contributed by atoms with van der Waals surface area (Å²) in [6.45, 7) is 1.21. The van der Waals surface area contributed by atoms with Crippen LogP contribution in [-0.4, -0.2) is 60.8 Å². The Morgan fingerprint density at radius 1 is 1.25 bits per heavy atom. The van der Waals surface area contributed by atoms with E-state index in [4.69, 9.17) is 15.9 Å². The van der Waals surface area contributed by atoms with Crippen LogP contribution in [0.5, 0.6) is 0 Å². The van der Waals surface area contributed by atoms with Gasteiger partial charge in [0.25, 0.3) is 0 Å². The Kier molecular flexibility index (Phi) is 4.30. The molecule has 2 aromatic heterocycles. The van der Waals surface area contributed by atoms with Gasteiger partial charge in [0.05, 0.1) is 18.8 Å². The van der Waals surface area contributed by atoms with Crippen LogP contribution >= 0.6 is 0 Å². The molecule has 1 aliphatic rings. The van der Waals surface area contributed by atoms with E-state index in [2.05, 4.69) is 15.0 Å². The van der Waals surface area contributed by atoms with Crippen LogP contribution in [0.25, 0.3) is 11.2 Å². The fourth-order valence-corrected chi connectivity index (χ4v) is 2.86. The summed E-state index contributed by atoms with van der Waals surface area (Å²) in [5.74, 6) is -1.56. The standard InChI is InChI=1S/C14H18N6O4/c15-9(14(23)24)5-20-7-18-10-11(16-6-17-12(10)20)19-3-1-8(2-4-19)13(21)22/h6-9H,1-5,15H2,(H,21,22)(H,23,24)/t9-/m0/s1. The molecule has 10 heteroatoms. The molecule has 0 unspecified atom stereocenters. The highest BCUT2D eigenvalue weighted by atomic mass is 16.4. The maximum Gasteiger partial charge on any atom is 0.322 e.